The number of aliphatic carboxylic acids is 1. The highest BCUT2D eigenvalue weighted by Gasteiger charge is 2.25. The lowest BCUT2D eigenvalue weighted by Gasteiger charge is -2.20. The van der Waals surface area contributed by atoms with E-state index < -0.39 is 27.9 Å². The molecule has 1 atom stereocenters. The second-order valence-corrected chi connectivity index (χ2v) is 7.73. The standard InChI is InChI=1S/C18H26N2O5S/c1-5-8-9-16(18(22)23)19-17(21)15-12-14(11-10-13(15)4)26(24,25)20(6-2)7-3/h5,10-12,16H,1,6-9H2,2-4H3,(H,19,21)(H,22,23). The molecule has 0 fully saturated rings. The first-order valence-corrected chi connectivity index (χ1v) is 9.88. The summed E-state index contributed by atoms with van der Waals surface area (Å²) in [7, 11) is -3.71. The van der Waals surface area contributed by atoms with E-state index in [1.54, 1.807) is 32.9 Å². The Balaban J connectivity index is 3.19. The monoisotopic (exact) mass is 382 g/mol. The molecule has 0 saturated carbocycles. The highest BCUT2D eigenvalue weighted by Crippen LogP contribution is 2.20. The Morgan fingerprint density at radius 3 is 2.42 bits per heavy atom. The minimum atomic E-state index is -3.71. The van der Waals surface area contributed by atoms with Gasteiger partial charge >= 0.3 is 5.97 Å². The molecular formula is C18H26N2O5S. The van der Waals surface area contributed by atoms with Crippen molar-refractivity contribution in [1.29, 1.82) is 0 Å². The highest BCUT2D eigenvalue weighted by molar-refractivity contribution is 7.89. The SMILES string of the molecule is C=CCCC(NC(=O)c1cc(S(=O)(=O)N(CC)CC)ccc1C)C(=O)O. The maximum Gasteiger partial charge on any atom is 0.326 e. The Morgan fingerprint density at radius 1 is 1.31 bits per heavy atom. The number of hydrogen-bond donors (Lipinski definition) is 2. The fourth-order valence-corrected chi connectivity index (χ4v) is 3.98. The number of benzene rings is 1. The average molecular weight is 382 g/mol. The highest BCUT2D eigenvalue weighted by atomic mass is 32.2. The molecule has 0 aromatic heterocycles. The third kappa shape index (κ3) is 5.15. The van der Waals surface area contributed by atoms with Gasteiger partial charge in [0.1, 0.15) is 6.04 Å². The average Bonchev–Trinajstić information content (AvgIpc) is 2.59. The zero-order valence-electron chi connectivity index (χ0n) is 15.4. The Kier molecular flexibility index (Phi) is 7.98. The maximum absolute atomic E-state index is 12.6. The molecule has 2 N–H and O–H groups in total. The molecule has 1 aromatic rings. The van der Waals surface area contributed by atoms with Crippen LogP contribution in [0.1, 0.15) is 42.6 Å². The molecule has 26 heavy (non-hydrogen) atoms. The summed E-state index contributed by atoms with van der Waals surface area (Å²) in [5.41, 5.74) is 0.706. The number of aryl methyl sites for hydroxylation is 1. The van der Waals surface area contributed by atoms with Gasteiger partial charge in [0.15, 0.2) is 0 Å². The van der Waals surface area contributed by atoms with Gasteiger partial charge in [-0.25, -0.2) is 13.2 Å². The molecule has 0 saturated heterocycles. The molecule has 7 nitrogen and oxygen atoms in total. The molecule has 0 aliphatic carbocycles. The Labute approximate surface area is 154 Å². The lowest BCUT2D eigenvalue weighted by Crippen LogP contribution is -2.41. The Hall–Kier alpha value is -2.19. The summed E-state index contributed by atoms with van der Waals surface area (Å²) in [4.78, 5) is 23.8. The largest absolute Gasteiger partial charge is 0.480 e. The summed E-state index contributed by atoms with van der Waals surface area (Å²) in [5.74, 6) is -1.76. The van der Waals surface area contributed by atoms with E-state index in [2.05, 4.69) is 11.9 Å². The molecule has 0 spiro atoms. The van der Waals surface area contributed by atoms with E-state index in [0.29, 0.717) is 25.1 Å². The van der Waals surface area contributed by atoms with E-state index in [0.717, 1.165) is 0 Å². The van der Waals surface area contributed by atoms with Crippen LogP contribution in [0.3, 0.4) is 0 Å². The van der Waals surface area contributed by atoms with Gasteiger partial charge in [0.05, 0.1) is 4.90 Å². The molecule has 0 bridgehead atoms. The predicted molar refractivity (Wildman–Crippen MR) is 99.6 cm³/mol. The van der Waals surface area contributed by atoms with Crippen LogP contribution in [0, 0.1) is 6.92 Å². The molecule has 1 aromatic carbocycles. The molecule has 144 valence electrons. The third-order valence-electron chi connectivity index (χ3n) is 4.06. The number of carboxylic acid groups (broad SMARTS) is 1. The van der Waals surface area contributed by atoms with Gasteiger partial charge in [0, 0.05) is 18.7 Å². The van der Waals surface area contributed by atoms with E-state index in [1.807, 2.05) is 0 Å². The predicted octanol–water partition coefficient (Wildman–Crippen LogP) is 2.17. The Morgan fingerprint density at radius 2 is 1.92 bits per heavy atom. The summed E-state index contributed by atoms with van der Waals surface area (Å²) >= 11 is 0. The summed E-state index contributed by atoms with van der Waals surface area (Å²) in [6.07, 6.45) is 2.22. The fourth-order valence-electron chi connectivity index (χ4n) is 2.50. The normalized spacial score (nSPS) is 12.6. The summed E-state index contributed by atoms with van der Waals surface area (Å²) in [5, 5.41) is 11.7. The van der Waals surface area contributed by atoms with Crippen molar-refractivity contribution >= 4 is 21.9 Å². The summed E-state index contributed by atoms with van der Waals surface area (Å²) in [6, 6.07) is 3.23. The van der Waals surface area contributed by atoms with Crippen LogP contribution in [-0.4, -0.2) is 48.8 Å². The molecule has 0 radical (unpaired) electrons. The number of carboxylic acids is 1. The van der Waals surface area contributed by atoms with Gasteiger partial charge in [0.25, 0.3) is 5.91 Å². The van der Waals surface area contributed by atoms with E-state index >= 15 is 0 Å². The van der Waals surface area contributed by atoms with Crippen LogP contribution < -0.4 is 5.32 Å². The van der Waals surface area contributed by atoms with Crippen LogP contribution in [0.5, 0.6) is 0 Å². The van der Waals surface area contributed by atoms with Crippen LogP contribution >= 0.6 is 0 Å². The van der Waals surface area contributed by atoms with Gasteiger partial charge in [0.2, 0.25) is 10.0 Å². The quantitative estimate of drug-likeness (QED) is 0.604. The molecule has 0 heterocycles. The van der Waals surface area contributed by atoms with Gasteiger partial charge in [-0.1, -0.05) is 26.0 Å². The number of carbonyl (C=O) groups is 2. The molecule has 0 aliphatic rings. The minimum absolute atomic E-state index is 0.00918. The van der Waals surface area contributed by atoms with Crippen molar-refractivity contribution in [2.75, 3.05) is 13.1 Å². The van der Waals surface area contributed by atoms with Crippen LogP contribution in [0.15, 0.2) is 35.7 Å². The van der Waals surface area contributed by atoms with Crippen molar-refractivity contribution in [1.82, 2.24) is 9.62 Å². The Bertz CT molecular complexity index is 770. The smallest absolute Gasteiger partial charge is 0.326 e. The maximum atomic E-state index is 12.6. The number of nitrogens with zero attached hydrogens (tertiary/aromatic N) is 1. The second kappa shape index (κ2) is 9.49. The van der Waals surface area contributed by atoms with E-state index in [4.69, 9.17) is 0 Å². The number of rotatable bonds is 10. The number of amides is 1. The first kappa shape index (κ1) is 21.9. The molecule has 8 heteroatoms. The van der Waals surface area contributed by atoms with Crippen LogP contribution in [0.2, 0.25) is 0 Å². The van der Waals surface area contributed by atoms with Crippen molar-refractivity contribution < 1.29 is 23.1 Å². The van der Waals surface area contributed by atoms with E-state index in [1.165, 1.54) is 16.4 Å². The fraction of sp³-hybridized carbons (Fsp3) is 0.444. The zero-order valence-corrected chi connectivity index (χ0v) is 16.2. The van der Waals surface area contributed by atoms with Crippen molar-refractivity contribution in [3.63, 3.8) is 0 Å². The van der Waals surface area contributed by atoms with Gasteiger partial charge in [-0.15, -0.1) is 6.58 Å². The van der Waals surface area contributed by atoms with Crippen molar-refractivity contribution in [2.45, 2.75) is 44.6 Å². The minimum Gasteiger partial charge on any atom is -0.480 e. The van der Waals surface area contributed by atoms with E-state index in [-0.39, 0.29) is 16.9 Å². The van der Waals surface area contributed by atoms with Gasteiger partial charge < -0.3 is 10.4 Å². The topological polar surface area (TPSA) is 104 Å². The van der Waals surface area contributed by atoms with Crippen LogP contribution in [-0.2, 0) is 14.8 Å². The summed E-state index contributed by atoms with van der Waals surface area (Å²) < 4.78 is 26.6. The molecule has 1 amide bonds. The van der Waals surface area contributed by atoms with Gasteiger partial charge in [-0.2, -0.15) is 4.31 Å². The number of hydrogen-bond acceptors (Lipinski definition) is 4. The summed E-state index contributed by atoms with van der Waals surface area (Å²) in [6.45, 7) is 9.31. The van der Waals surface area contributed by atoms with Crippen LogP contribution in [0.4, 0.5) is 0 Å². The lowest BCUT2D eigenvalue weighted by atomic mass is 10.1. The van der Waals surface area contributed by atoms with Gasteiger partial charge in [-0.05, 0) is 37.5 Å². The van der Waals surface area contributed by atoms with Crippen molar-refractivity contribution in [3.05, 3.63) is 42.0 Å². The number of allylic oxidation sites excluding steroid dienone is 1. The third-order valence-corrected chi connectivity index (χ3v) is 6.11. The first-order valence-electron chi connectivity index (χ1n) is 8.44. The molecular weight excluding hydrogens is 356 g/mol. The zero-order chi connectivity index (χ0) is 19.9. The van der Waals surface area contributed by atoms with E-state index in [9.17, 15) is 23.1 Å². The van der Waals surface area contributed by atoms with Crippen molar-refractivity contribution in [3.8, 4) is 0 Å². The second-order valence-electron chi connectivity index (χ2n) is 5.80. The number of sulfonamides is 1. The van der Waals surface area contributed by atoms with Crippen molar-refractivity contribution in [2.24, 2.45) is 0 Å². The number of nitrogens with one attached hydrogen (secondary N) is 1. The van der Waals surface area contributed by atoms with Gasteiger partial charge in [-0.3, -0.25) is 4.79 Å². The number of carbonyl (C=O) groups excluding carboxylic acids is 1. The van der Waals surface area contributed by atoms with Crippen LogP contribution in [0.25, 0.3) is 0 Å². The molecule has 1 rings (SSSR count). The molecule has 0 aliphatic heterocycles. The first-order chi connectivity index (χ1) is 12.2. The molecule has 1 unspecified atom stereocenters. The lowest BCUT2D eigenvalue weighted by molar-refractivity contribution is -0.139.